The summed E-state index contributed by atoms with van der Waals surface area (Å²) in [5.74, 6) is -0.380. The van der Waals surface area contributed by atoms with Gasteiger partial charge in [-0.15, -0.1) is 0 Å². The van der Waals surface area contributed by atoms with Crippen molar-refractivity contribution in [3.05, 3.63) is 35.4 Å². The summed E-state index contributed by atoms with van der Waals surface area (Å²) in [7, 11) is 0. The fourth-order valence-corrected chi connectivity index (χ4v) is 2.21. The highest BCUT2D eigenvalue weighted by molar-refractivity contribution is 5.94. The zero-order valence-corrected chi connectivity index (χ0v) is 10.3. The average molecular weight is 249 g/mol. The molecule has 1 heterocycles. The monoisotopic (exact) mass is 249 g/mol. The second-order valence-electron chi connectivity index (χ2n) is 4.49. The minimum Gasteiger partial charge on any atom is -0.374 e. The van der Waals surface area contributed by atoms with Crippen LogP contribution in [0.2, 0.25) is 0 Å². The third-order valence-corrected chi connectivity index (χ3v) is 3.16. The Bertz CT molecular complexity index is 422. The smallest absolute Gasteiger partial charge is 0.249 e. The first-order valence-corrected chi connectivity index (χ1v) is 6.12. The van der Waals surface area contributed by atoms with Crippen molar-refractivity contribution in [3.8, 4) is 0 Å². The molecule has 0 radical (unpaired) electrons. The number of primary amides is 1. The van der Waals surface area contributed by atoms with Gasteiger partial charge in [-0.3, -0.25) is 9.69 Å². The van der Waals surface area contributed by atoms with Crippen LogP contribution in [0, 0.1) is 0 Å². The predicted molar refractivity (Wildman–Crippen MR) is 69.0 cm³/mol. The van der Waals surface area contributed by atoms with Gasteiger partial charge in [-0.2, -0.15) is 0 Å². The molecule has 1 aromatic rings. The van der Waals surface area contributed by atoms with E-state index in [2.05, 4.69) is 4.90 Å². The van der Waals surface area contributed by atoms with Crippen molar-refractivity contribution in [1.82, 2.24) is 4.90 Å². The second kappa shape index (κ2) is 5.95. The van der Waals surface area contributed by atoms with Crippen LogP contribution in [0.3, 0.4) is 0 Å². The van der Waals surface area contributed by atoms with Crippen molar-refractivity contribution >= 4 is 5.91 Å². The lowest BCUT2D eigenvalue weighted by molar-refractivity contribution is -0.0260. The standard InChI is InChI=1S/C13H19N3O2/c14-7-11-9-16(5-6-18-11)8-10-3-1-2-4-12(10)13(15)17/h1-4,11H,5-9,14H2,(H2,15,17). The van der Waals surface area contributed by atoms with Crippen LogP contribution in [0.4, 0.5) is 0 Å². The summed E-state index contributed by atoms with van der Waals surface area (Å²) in [5.41, 5.74) is 12.5. The Balaban J connectivity index is 2.07. The van der Waals surface area contributed by atoms with Gasteiger partial charge in [0.25, 0.3) is 0 Å². The lowest BCUT2D eigenvalue weighted by atomic mass is 10.1. The maximum Gasteiger partial charge on any atom is 0.249 e. The summed E-state index contributed by atoms with van der Waals surface area (Å²) in [5, 5.41) is 0. The molecule has 1 amide bonds. The second-order valence-corrected chi connectivity index (χ2v) is 4.49. The maximum absolute atomic E-state index is 11.3. The average Bonchev–Trinajstić information content (AvgIpc) is 2.39. The van der Waals surface area contributed by atoms with Crippen molar-refractivity contribution in [2.45, 2.75) is 12.6 Å². The van der Waals surface area contributed by atoms with Crippen LogP contribution in [-0.4, -0.2) is 43.2 Å². The number of benzene rings is 1. The molecule has 0 aliphatic carbocycles. The predicted octanol–water partition coefficient (Wildman–Crippen LogP) is -0.0550. The van der Waals surface area contributed by atoms with Gasteiger partial charge >= 0.3 is 0 Å². The number of carbonyl (C=O) groups excluding carboxylic acids is 1. The third-order valence-electron chi connectivity index (χ3n) is 3.16. The molecule has 1 aliphatic heterocycles. The SMILES string of the molecule is NCC1CN(Cc2ccccc2C(N)=O)CCO1. The van der Waals surface area contributed by atoms with Gasteiger partial charge < -0.3 is 16.2 Å². The molecule has 1 unspecified atom stereocenters. The molecular formula is C13H19N3O2. The van der Waals surface area contributed by atoms with Gasteiger partial charge in [0.05, 0.1) is 12.7 Å². The van der Waals surface area contributed by atoms with Gasteiger partial charge in [-0.25, -0.2) is 0 Å². The molecule has 1 fully saturated rings. The molecule has 1 atom stereocenters. The lowest BCUT2D eigenvalue weighted by Crippen LogP contribution is -2.45. The number of hydrogen-bond acceptors (Lipinski definition) is 4. The fraction of sp³-hybridized carbons (Fsp3) is 0.462. The number of amides is 1. The van der Waals surface area contributed by atoms with E-state index in [4.69, 9.17) is 16.2 Å². The minimum atomic E-state index is -0.380. The molecule has 1 aliphatic rings. The van der Waals surface area contributed by atoms with E-state index in [0.29, 0.717) is 25.3 Å². The molecule has 1 saturated heterocycles. The highest BCUT2D eigenvalue weighted by Crippen LogP contribution is 2.13. The van der Waals surface area contributed by atoms with Crippen LogP contribution in [0.5, 0.6) is 0 Å². The van der Waals surface area contributed by atoms with E-state index >= 15 is 0 Å². The Kier molecular flexibility index (Phi) is 4.30. The highest BCUT2D eigenvalue weighted by atomic mass is 16.5. The van der Waals surface area contributed by atoms with Gasteiger partial charge in [0.2, 0.25) is 5.91 Å². The topological polar surface area (TPSA) is 81.6 Å². The van der Waals surface area contributed by atoms with E-state index in [1.54, 1.807) is 6.07 Å². The zero-order chi connectivity index (χ0) is 13.0. The van der Waals surface area contributed by atoms with Crippen LogP contribution in [-0.2, 0) is 11.3 Å². The first kappa shape index (κ1) is 13.0. The number of hydrogen-bond donors (Lipinski definition) is 2. The molecule has 1 aromatic carbocycles. The number of nitrogens with two attached hydrogens (primary N) is 2. The first-order valence-electron chi connectivity index (χ1n) is 6.12. The van der Waals surface area contributed by atoms with Crippen LogP contribution >= 0.6 is 0 Å². The molecule has 0 saturated carbocycles. The summed E-state index contributed by atoms with van der Waals surface area (Å²) < 4.78 is 5.51. The lowest BCUT2D eigenvalue weighted by Gasteiger charge is -2.32. The van der Waals surface area contributed by atoms with Crippen molar-refractivity contribution < 1.29 is 9.53 Å². The Labute approximate surface area is 107 Å². The number of carbonyl (C=O) groups is 1. The summed E-state index contributed by atoms with van der Waals surface area (Å²) >= 11 is 0. The number of nitrogens with zero attached hydrogens (tertiary/aromatic N) is 1. The summed E-state index contributed by atoms with van der Waals surface area (Å²) in [6.45, 7) is 3.56. The van der Waals surface area contributed by atoms with E-state index in [9.17, 15) is 4.79 Å². The first-order chi connectivity index (χ1) is 8.70. The molecule has 4 N–H and O–H groups in total. The maximum atomic E-state index is 11.3. The number of morpholine rings is 1. The van der Waals surface area contributed by atoms with Crippen LogP contribution in [0.1, 0.15) is 15.9 Å². The zero-order valence-electron chi connectivity index (χ0n) is 10.3. The molecular weight excluding hydrogens is 230 g/mol. The van der Waals surface area contributed by atoms with Crippen LogP contribution in [0.15, 0.2) is 24.3 Å². The number of ether oxygens (including phenoxy) is 1. The van der Waals surface area contributed by atoms with Gasteiger partial charge in [0, 0.05) is 31.7 Å². The van der Waals surface area contributed by atoms with Crippen molar-refractivity contribution in [2.75, 3.05) is 26.2 Å². The van der Waals surface area contributed by atoms with Gasteiger partial charge in [0.1, 0.15) is 0 Å². The summed E-state index contributed by atoms with van der Waals surface area (Å²) in [6.07, 6.45) is 0.0829. The third kappa shape index (κ3) is 3.07. The Morgan fingerprint density at radius 2 is 2.22 bits per heavy atom. The largest absolute Gasteiger partial charge is 0.374 e. The molecule has 0 aromatic heterocycles. The fourth-order valence-electron chi connectivity index (χ4n) is 2.21. The van der Waals surface area contributed by atoms with Gasteiger partial charge in [0.15, 0.2) is 0 Å². The van der Waals surface area contributed by atoms with Gasteiger partial charge in [-0.05, 0) is 11.6 Å². The minimum absolute atomic E-state index is 0.0829. The Hall–Kier alpha value is -1.43. The summed E-state index contributed by atoms with van der Waals surface area (Å²) in [6, 6.07) is 7.44. The molecule has 5 heteroatoms. The van der Waals surface area contributed by atoms with E-state index in [0.717, 1.165) is 18.7 Å². The molecule has 98 valence electrons. The Morgan fingerprint density at radius 1 is 1.44 bits per heavy atom. The van der Waals surface area contributed by atoms with Crippen LogP contribution < -0.4 is 11.5 Å². The normalized spacial score (nSPS) is 20.8. The molecule has 0 spiro atoms. The molecule has 2 rings (SSSR count). The van der Waals surface area contributed by atoms with E-state index in [1.807, 2.05) is 18.2 Å². The van der Waals surface area contributed by atoms with Crippen molar-refractivity contribution in [1.29, 1.82) is 0 Å². The summed E-state index contributed by atoms with van der Waals surface area (Å²) in [4.78, 5) is 13.6. The number of rotatable bonds is 4. The molecule has 5 nitrogen and oxygen atoms in total. The van der Waals surface area contributed by atoms with E-state index < -0.39 is 0 Å². The highest BCUT2D eigenvalue weighted by Gasteiger charge is 2.20. The van der Waals surface area contributed by atoms with Crippen molar-refractivity contribution in [2.24, 2.45) is 11.5 Å². The molecule has 18 heavy (non-hydrogen) atoms. The molecule has 0 bridgehead atoms. The van der Waals surface area contributed by atoms with E-state index in [1.165, 1.54) is 0 Å². The van der Waals surface area contributed by atoms with Crippen molar-refractivity contribution in [3.63, 3.8) is 0 Å². The quantitative estimate of drug-likeness (QED) is 0.783. The van der Waals surface area contributed by atoms with E-state index in [-0.39, 0.29) is 12.0 Å². The van der Waals surface area contributed by atoms with Gasteiger partial charge in [-0.1, -0.05) is 18.2 Å². The Morgan fingerprint density at radius 3 is 2.94 bits per heavy atom. The van der Waals surface area contributed by atoms with Crippen LogP contribution in [0.25, 0.3) is 0 Å².